The zero-order valence-electron chi connectivity index (χ0n) is 37.1. The van der Waals surface area contributed by atoms with E-state index < -0.39 is 0 Å². The predicted octanol–water partition coefficient (Wildman–Crippen LogP) is 17.3. The molecule has 1 aliphatic heterocycles. The molecule has 320 valence electrons. The molecule has 0 radical (unpaired) electrons. The number of thiophene rings is 1. The molecule has 0 spiro atoms. The van der Waals surface area contributed by atoms with E-state index in [0.717, 1.165) is 78.7 Å². The van der Waals surface area contributed by atoms with Crippen LogP contribution in [-0.2, 0) is 0 Å². The van der Waals surface area contributed by atoms with Crippen LogP contribution < -0.4 is 0 Å². The first-order chi connectivity index (χ1) is 33.6. The average molecular weight is 888 g/mol. The molecule has 1 atom stereocenters. The summed E-state index contributed by atoms with van der Waals surface area (Å²) in [6.07, 6.45) is 3.10. The van der Waals surface area contributed by atoms with Crippen LogP contribution in [0.1, 0.15) is 30.0 Å². The van der Waals surface area contributed by atoms with E-state index in [1.807, 2.05) is 11.3 Å². The summed E-state index contributed by atoms with van der Waals surface area (Å²) < 4.78 is 12.1. The average Bonchev–Trinajstić information content (AvgIpc) is 4.07. The van der Waals surface area contributed by atoms with Gasteiger partial charge in [0.25, 0.3) is 0 Å². The standard InChI is InChI=1S/C63H41N3OS/c1-38-26-31-52(44-27-29-48-47-22-10-12-25-57(47)68-58(48)37-44)64-63(65-61(38)45-20-13-19-41(34-45)39-14-3-2-4-15-39)50-30-33-54(62-60(50)49-23-9-11-24-56(49)67-62)66-53-32-28-40-16-7-8-21-46(40)59(53)51-35-42-17-5-6-18-43(42)36-55(51)66/h2-25,27-38H,26H2,1H3/b52-31+,64-63-,65-61+. The lowest BCUT2D eigenvalue weighted by molar-refractivity contribution is 0.666. The van der Waals surface area contributed by atoms with Crippen molar-refractivity contribution >= 4 is 114 Å². The number of benzene rings is 10. The van der Waals surface area contributed by atoms with E-state index in [4.69, 9.17) is 14.4 Å². The molecular formula is C63H41N3OS. The first kappa shape index (κ1) is 38.8. The van der Waals surface area contributed by atoms with Gasteiger partial charge in [-0.3, -0.25) is 0 Å². The van der Waals surface area contributed by atoms with E-state index in [2.05, 4.69) is 224 Å². The number of hydrogen-bond donors (Lipinski definition) is 0. The summed E-state index contributed by atoms with van der Waals surface area (Å²) in [7, 11) is 0. The Morgan fingerprint density at radius 3 is 2.09 bits per heavy atom. The van der Waals surface area contributed by atoms with Crippen molar-refractivity contribution in [2.45, 2.75) is 13.3 Å². The van der Waals surface area contributed by atoms with Gasteiger partial charge in [-0.05, 0) is 99.3 Å². The second kappa shape index (κ2) is 15.3. The van der Waals surface area contributed by atoms with Crippen LogP contribution in [0.25, 0.3) is 108 Å². The highest BCUT2D eigenvalue weighted by Crippen LogP contribution is 2.44. The van der Waals surface area contributed by atoms with Gasteiger partial charge in [0.15, 0.2) is 11.4 Å². The largest absolute Gasteiger partial charge is 0.454 e. The molecule has 4 nitrogen and oxygen atoms in total. The number of aliphatic imine (C=N–C) groups is 2. The maximum absolute atomic E-state index is 7.12. The Morgan fingerprint density at radius 1 is 0.485 bits per heavy atom. The number of rotatable bonds is 5. The zero-order chi connectivity index (χ0) is 44.9. The highest BCUT2D eigenvalue weighted by Gasteiger charge is 2.26. The van der Waals surface area contributed by atoms with Gasteiger partial charge in [0, 0.05) is 58.8 Å². The number of furan rings is 1. The number of hydrogen-bond acceptors (Lipinski definition) is 4. The quantitative estimate of drug-likeness (QED) is 0.170. The first-order valence-corrected chi connectivity index (χ1v) is 24.2. The summed E-state index contributed by atoms with van der Waals surface area (Å²) in [5, 5.41) is 11.8. The summed E-state index contributed by atoms with van der Waals surface area (Å²) in [6, 6.07) is 74.4. The highest BCUT2D eigenvalue weighted by molar-refractivity contribution is 7.25. The third-order valence-electron chi connectivity index (χ3n) is 14.0. The van der Waals surface area contributed by atoms with Gasteiger partial charge in [0.05, 0.1) is 28.1 Å². The maximum atomic E-state index is 7.12. The monoisotopic (exact) mass is 887 g/mol. The Hall–Kier alpha value is -8.38. The fraction of sp³-hybridized carbons (Fsp3) is 0.0476. The minimum absolute atomic E-state index is 0.0905. The Bertz CT molecular complexity index is 4310. The van der Waals surface area contributed by atoms with Crippen LogP contribution >= 0.6 is 11.3 Å². The van der Waals surface area contributed by atoms with Gasteiger partial charge < -0.3 is 8.98 Å². The Labute approximate surface area is 396 Å². The molecule has 0 saturated heterocycles. The topological polar surface area (TPSA) is 42.8 Å². The van der Waals surface area contributed by atoms with Gasteiger partial charge >= 0.3 is 0 Å². The van der Waals surface area contributed by atoms with Crippen molar-refractivity contribution in [1.29, 1.82) is 0 Å². The number of aromatic nitrogens is 1. The van der Waals surface area contributed by atoms with Crippen molar-refractivity contribution in [3.05, 3.63) is 229 Å². The lowest BCUT2D eigenvalue weighted by Crippen LogP contribution is -2.17. The molecule has 1 unspecified atom stereocenters. The summed E-state index contributed by atoms with van der Waals surface area (Å²) in [5.74, 6) is 0.745. The Balaban J connectivity index is 1.04. The number of nitrogens with zero attached hydrogens (tertiary/aromatic N) is 3. The van der Waals surface area contributed by atoms with Crippen molar-refractivity contribution in [1.82, 2.24) is 4.57 Å². The number of amidine groups is 1. The summed E-state index contributed by atoms with van der Waals surface area (Å²) >= 11 is 1.83. The number of para-hydroxylation sites is 1. The molecule has 3 aromatic heterocycles. The molecule has 13 aromatic rings. The van der Waals surface area contributed by atoms with Crippen LogP contribution in [0.15, 0.2) is 227 Å². The van der Waals surface area contributed by atoms with E-state index in [-0.39, 0.29) is 5.92 Å². The Morgan fingerprint density at radius 2 is 1.21 bits per heavy atom. The minimum atomic E-state index is 0.0905. The second-order valence-electron chi connectivity index (χ2n) is 18.1. The highest BCUT2D eigenvalue weighted by atomic mass is 32.1. The molecule has 0 amide bonds. The van der Waals surface area contributed by atoms with Crippen LogP contribution in [0, 0.1) is 5.92 Å². The van der Waals surface area contributed by atoms with Gasteiger partial charge in [-0.25, -0.2) is 9.98 Å². The third-order valence-corrected chi connectivity index (χ3v) is 15.2. The van der Waals surface area contributed by atoms with E-state index in [0.29, 0.717) is 5.84 Å². The first-order valence-electron chi connectivity index (χ1n) is 23.4. The van der Waals surface area contributed by atoms with E-state index in [9.17, 15) is 0 Å². The van der Waals surface area contributed by atoms with Gasteiger partial charge in [0.2, 0.25) is 0 Å². The summed E-state index contributed by atoms with van der Waals surface area (Å²) in [6.45, 7) is 2.29. The van der Waals surface area contributed by atoms with Gasteiger partial charge in [-0.2, -0.15) is 0 Å². The Kier molecular flexibility index (Phi) is 8.77. The molecule has 5 heteroatoms. The molecule has 68 heavy (non-hydrogen) atoms. The summed E-state index contributed by atoms with van der Waals surface area (Å²) in [5.41, 5.74) is 12.2. The van der Waals surface area contributed by atoms with Crippen molar-refractivity contribution in [2.75, 3.05) is 0 Å². The second-order valence-corrected chi connectivity index (χ2v) is 19.2. The van der Waals surface area contributed by atoms with Crippen LogP contribution in [0.4, 0.5) is 0 Å². The molecule has 0 saturated carbocycles. The van der Waals surface area contributed by atoms with Crippen LogP contribution in [0.3, 0.4) is 0 Å². The zero-order valence-corrected chi connectivity index (χ0v) is 38.0. The fourth-order valence-corrected chi connectivity index (χ4v) is 11.9. The third kappa shape index (κ3) is 6.13. The van der Waals surface area contributed by atoms with Crippen molar-refractivity contribution < 1.29 is 4.42 Å². The maximum Gasteiger partial charge on any atom is 0.160 e. The van der Waals surface area contributed by atoms with Gasteiger partial charge in [-0.15, -0.1) is 11.3 Å². The van der Waals surface area contributed by atoms with Crippen molar-refractivity contribution in [3.63, 3.8) is 0 Å². The van der Waals surface area contributed by atoms with Crippen LogP contribution in [0.5, 0.6) is 0 Å². The molecule has 10 aromatic carbocycles. The van der Waals surface area contributed by atoms with Crippen LogP contribution in [-0.4, -0.2) is 16.1 Å². The molecule has 0 aliphatic carbocycles. The van der Waals surface area contributed by atoms with Gasteiger partial charge in [-0.1, -0.05) is 165 Å². The smallest absolute Gasteiger partial charge is 0.160 e. The number of allylic oxidation sites excluding steroid dienone is 1. The molecule has 1 aliphatic rings. The molecule has 0 bridgehead atoms. The molecular weight excluding hydrogens is 847 g/mol. The SMILES string of the molecule is CC1C/C=C(c2ccc3c(c2)sc2ccccc23)/N=C(c2ccc(-n3c4cc5ccccc5cc4c4c5ccccc5ccc43)c3oc4ccccc4c23)\N=C/1c1cccc(-c2ccccc2)c1. The predicted molar refractivity (Wildman–Crippen MR) is 289 cm³/mol. The molecule has 14 rings (SSSR count). The number of fused-ring (bicyclic) bond motifs is 12. The van der Waals surface area contributed by atoms with E-state index in [1.54, 1.807) is 0 Å². The van der Waals surface area contributed by atoms with Crippen LogP contribution in [0.2, 0.25) is 0 Å². The van der Waals surface area contributed by atoms with E-state index in [1.165, 1.54) is 58.1 Å². The van der Waals surface area contributed by atoms with Crippen molar-refractivity contribution in [3.8, 4) is 16.8 Å². The lowest BCUT2D eigenvalue weighted by Gasteiger charge is -2.19. The minimum Gasteiger partial charge on any atom is -0.454 e. The molecule has 0 N–H and O–H groups in total. The van der Waals surface area contributed by atoms with Gasteiger partial charge in [0.1, 0.15) is 5.58 Å². The van der Waals surface area contributed by atoms with E-state index >= 15 is 0 Å². The van der Waals surface area contributed by atoms with Crippen molar-refractivity contribution in [2.24, 2.45) is 15.9 Å². The normalized spacial score (nSPS) is 16.9. The fourth-order valence-electron chi connectivity index (χ4n) is 10.7. The lowest BCUT2D eigenvalue weighted by atomic mass is 9.91. The summed E-state index contributed by atoms with van der Waals surface area (Å²) in [4.78, 5) is 11.4. The molecule has 4 heterocycles. The molecule has 0 fully saturated rings.